The van der Waals surface area contributed by atoms with E-state index in [0.717, 1.165) is 11.1 Å². The van der Waals surface area contributed by atoms with E-state index < -0.39 is 5.82 Å². The normalized spacial score (nSPS) is 10.6. The molecular weight excluding hydrogens is 286 g/mol. The molecule has 0 bridgehead atoms. The van der Waals surface area contributed by atoms with Gasteiger partial charge in [-0.3, -0.25) is 4.79 Å². The van der Waals surface area contributed by atoms with E-state index >= 15 is 0 Å². The Morgan fingerprint density at radius 2 is 1.74 bits per heavy atom. The van der Waals surface area contributed by atoms with Crippen molar-refractivity contribution in [2.24, 2.45) is 0 Å². The smallest absolute Gasteiger partial charge is 0.194 e. The second-order valence-electron chi connectivity index (χ2n) is 4.35. The summed E-state index contributed by atoms with van der Waals surface area (Å²) in [5.74, 6) is -0.905. The molecule has 4 heteroatoms. The maximum atomic E-state index is 13.4. The molecule has 98 valence electrons. The lowest BCUT2D eigenvalue weighted by molar-refractivity contribution is 0.103. The highest BCUT2D eigenvalue weighted by molar-refractivity contribution is 6.35. The molecule has 2 aromatic carbocycles. The molecule has 0 N–H and O–H groups in total. The number of carbonyl (C=O) groups is 1. The maximum absolute atomic E-state index is 13.4. The highest BCUT2D eigenvalue weighted by Crippen LogP contribution is 2.26. The minimum atomic E-state index is -0.601. The van der Waals surface area contributed by atoms with Gasteiger partial charge >= 0.3 is 0 Å². The Bertz CT molecular complexity index is 665. The highest BCUT2D eigenvalue weighted by atomic mass is 35.5. The molecule has 1 nitrogen and oxygen atoms in total. The van der Waals surface area contributed by atoms with E-state index in [1.165, 1.54) is 18.2 Å². The third-order valence-electron chi connectivity index (χ3n) is 2.95. The van der Waals surface area contributed by atoms with E-state index in [4.69, 9.17) is 23.2 Å². The Morgan fingerprint density at radius 3 is 2.42 bits per heavy atom. The van der Waals surface area contributed by atoms with Crippen molar-refractivity contribution in [2.45, 2.75) is 13.8 Å². The monoisotopic (exact) mass is 296 g/mol. The lowest BCUT2D eigenvalue weighted by atomic mass is 9.97. The molecule has 0 heterocycles. The van der Waals surface area contributed by atoms with Crippen LogP contribution in [0.5, 0.6) is 0 Å². The van der Waals surface area contributed by atoms with Gasteiger partial charge in [0.1, 0.15) is 5.82 Å². The van der Waals surface area contributed by atoms with Gasteiger partial charge in [0.15, 0.2) is 5.78 Å². The van der Waals surface area contributed by atoms with Crippen LogP contribution in [0.15, 0.2) is 30.3 Å². The third kappa shape index (κ3) is 2.65. The summed E-state index contributed by atoms with van der Waals surface area (Å²) in [5, 5.41) is 0.443. The van der Waals surface area contributed by atoms with Gasteiger partial charge in [0.25, 0.3) is 0 Å². The van der Waals surface area contributed by atoms with Crippen LogP contribution in [0.3, 0.4) is 0 Å². The number of halogens is 3. The largest absolute Gasteiger partial charge is 0.289 e. The number of carbonyl (C=O) groups excluding carboxylic acids is 1. The van der Waals surface area contributed by atoms with Crippen molar-refractivity contribution < 1.29 is 9.18 Å². The molecular formula is C15H11Cl2FO. The average Bonchev–Trinajstić information content (AvgIpc) is 2.36. The Kier molecular flexibility index (Phi) is 3.93. The first kappa shape index (κ1) is 14.0. The minimum absolute atomic E-state index is 0.153. The van der Waals surface area contributed by atoms with Crippen LogP contribution >= 0.6 is 23.2 Å². The van der Waals surface area contributed by atoms with Crippen LogP contribution in [0.4, 0.5) is 4.39 Å². The fourth-order valence-corrected chi connectivity index (χ4v) is 2.28. The zero-order chi connectivity index (χ0) is 14.2. The van der Waals surface area contributed by atoms with Gasteiger partial charge in [-0.1, -0.05) is 29.3 Å². The molecule has 0 saturated heterocycles. The van der Waals surface area contributed by atoms with E-state index in [-0.39, 0.29) is 16.4 Å². The standard InChI is InChI=1S/C15H11Cl2FO/c1-8-7-12(16)9(2)6-11(8)15(19)10-4-3-5-13(18)14(10)17/h3-7H,1-2H3. The fourth-order valence-electron chi connectivity index (χ4n) is 1.85. The van der Waals surface area contributed by atoms with Crippen LogP contribution in [0.2, 0.25) is 10.0 Å². The first-order chi connectivity index (χ1) is 8.91. The van der Waals surface area contributed by atoms with E-state index in [2.05, 4.69) is 0 Å². The molecule has 2 rings (SSSR count). The highest BCUT2D eigenvalue weighted by Gasteiger charge is 2.18. The second kappa shape index (κ2) is 5.32. The maximum Gasteiger partial charge on any atom is 0.194 e. The van der Waals surface area contributed by atoms with E-state index in [1.807, 2.05) is 6.92 Å². The molecule has 2 aromatic rings. The lowest BCUT2D eigenvalue weighted by Crippen LogP contribution is -2.06. The van der Waals surface area contributed by atoms with Crippen molar-refractivity contribution in [1.82, 2.24) is 0 Å². The number of hydrogen-bond donors (Lipinski definition) is 0. The van der Waals surface area contributed by atoms with Crippen LogP contribution in [0, 0.1) is 19.7 Å². The number of aryl methyl sites for hydroxylation is 2. The van der Waals surface area contributed by atoms with Gasteiger partial charge in [-0.25, -0.2) is 4.39 Å². The van der Waals surface area contributed by atoms with Gasteiger partial charge < -0.3 is 0 Å². The summed E-state index contributed by atoms with van der Waals surface area (Å²) in [6, 6.07) is 7.61. The molecule has 0 unspecified atom stereocenters. The summed E-state index contributed by atoms with van der Waals surface area (Å²) in [6.07, 6.45) is 0. The zero-order valence-electron chi connectivity index (χ0n) is 10.4. The summed E-state index contributed by atoms with van der Waals surface area (Å²) >= 11 is 11.8. The van der Waals surface area contributed by atoms with Crippen LogP contribution in [-0.4, -0.2) is 5.78 Å². The Morgan fingerprint density at radius 1 is 1.05 bits per heavy atom. The van der Waals surface area contributed by atoms with E-state index in [9.17, 15) is 9.18 Å². The predicted octanol–water partition coefficient (Wildman–Crippen LogP) is 4.98. The molecule has 0 aliphatic rings. The van der Waals surface area contributed by atoms with Crippen LogP contribution in [0.1, 0.15) is 27.0 Å². The summed E-state index contributed by atoms with van der Waals surface area (Å²) in [6.45, 7) is 3.59. The molecule has 0 saturated carbocycles. The fraction of sp³-hybridized carbons (Fsp3) is 0.133. The predicted molar refractivity (Wildman–Crippen MR) is 75.8 cm³/mol. The average molecular weight is 297 g/mol. The molecule has 0 aliphatic heterocycles. The van der Waals surface area contributed by atoms with Crippen LogP contribution < -0.4 is 0 Å². The number of rotatable bonds is 2. The Hall–Kier alpha value is -1.38. The van der Waals surface area contributed by atoms with Gasteiger partial charge in [0.05, 0.1) is 5.02 Å². The molecule has 19 heavy (non-hydrogen) atoms. The Labute approximate surface area is 121 Å². The summed E-state index contributed by atoms with van der Waals surface area (Å²) in [5.41, 5.74) is 2.17. The first-order valence-corrected chi connectivity index (χ1v) is 6.43. The van der Waals surface area contributed by atoms with Crippen molar-refractivity contribution in [3.05, 3.63) is 68.4 Å². The van der Waals surface area contributed by atoms with Crippen LogP contribution in [0.25, 0.3) is 0 Å². The molecule has 0 spiro atoms. The molecule has 0 atom stereocenters. The quantitative estimate of drug-likeness (QED) is 0.714. The summed E-state index contributed by atoms with van der Waals surface area (Å²) in [7, 11) is 0. The molecule has 0 aliphatic carbocycles. The topological polar surface area (TPSA) is 17.1 Å². The van der Waals surface area contributed by atoms with Crippen LogP contribution in [-0.2, 0) is 0 Å². The van der Waals surface area contributed by atoms with Gasteiger partial charge in [-0.05, 0) is 49.2 Å². The van der Waals surface area contributed by atoms with E-state index in [0.29, 0.717) is 10.6 Å². The molecule has 0 fully saturated rings. The second-order valence-corrected chi connectivity index (χ2v) is 5.13. The SMILES string of the molecule is Cc1cc(C(=O)c2cccc(F)c2Cl)c(C)cc1Cl. The zero-order valence-corrected chi connectivity index (χ0v) is 11.9. The van der Waals surface area contributed by atoms with Crippen molar-refractivity contribution in [3.63, 3.8) is 0 Å². The number of ketones is 1. The lowest BCUT2D eigenvalue weighted by Gasteiger charge is -2.09. The molecule has 0 radical (unpaired) electrons. The summed E-state index contributed by atoms with van der Waals surface area (Å²) in [4.78, 5) is 12.4. The van der Waals surface area contributed by atoms with Crippen molar-refractivity contribution in [1.29, 1.82) is 0 Å². The van der Waals surface area contributed by atoms with Gasteiger partial charge in [-0.2, -0.15) is 0 Å². The van der Waals surface area contributed by atoms with Gasteiger partial charge in [-0.15, -0.1) is 0 Å². The van der Waals surface area contributed by atoms with Crippen molar-refractivity contribution in [3.8, 4) is 0 Å². The third-order valence-corrected chi connectivity index (χ3v) is 3.74. The molecule has 0 amide bonds. The van der Waals surface area contributed by atoms with Gasteiger partial charge in [0, 0.05) is 16.1 Å². The van der Waals surface area contributed by atoms with Crippen molar-refractivity contribution in [2.75, 3.05) is 0 Å². The number of hydrogen-bond acceptors (Lipinski definition) is 1. The summed E-state index contributed by atoms with van der Waals surface area (Å²) < 4.78 is 13.4. The minimum Gasteiger partial charge on any atom is -0.289 e. The van der Waals surface area contributed by atoms with E-state index in [1.54, 1.807) is 19.1 Å². The van der Waals surface area contributed by atoms with Gasteiger partial charge in [0.2, 0.25) is 0 Å². The van der Waals surface area contributed by atoms with Crippen molar-refractivity contribution >= 4 is 29.0 Å². The first-order valence-electron chi connectivity index (χ1n) is 5.67. The Balaban J connectivity index is 2.56. The molecule has 0 aromatic heterocycles. The number of benzene rings is 2.